The van der Waals surface area contributed by atoms with Crippen molar-refractivity contribution in [2.45, 2.75) is 17.6 Å². The summed E-state index contributed by atoms with van der Waals surface area (Å²) in [6, 6.07) is 12.5. The fourth-order valence-electron chi connectivity index (χ4n) is 3.00. The van der Waals surface area contributed by atoms with Crippen LogP contribution < -0.4 is 0 Å². The van der Waals surface area contributed by atoms with Crippen LogP contribution in [0.3, 0.4) is 0 Å². The zero-order valence-electron chi connectivity index (χ0n) is 14.3. The van der Waals surface area contributed by atoms with Gasteiger partial charge in [0.25, 0.3) is 0 Å². The van der Waals surface area contributed by atoms with Gasteiger partial charge in [0.15, 0.2) is 0 Å². The highest BCUT2D eigenvalue weighted by Crippen LogP contribution is 2.36. The Labute approximate surface area is 161 Å². The highest BCUT2D eigenvalue weighted by Gasteiger charge is 2.36. The number of piperazine rings is 1. The second-order valence-corrected chi connectivity index (χ2v) is 8.65. The Hall–Kier alpha value is -1.61. The van der Waals surface area contributed by atoms with Gasteiger partial charge in [-0.3, -0.25) is 4.90 Å². The molecule has 9 heteroatoms. The van der Waals surface area contributed by atoms with Gasteiger partial charge in [0.05, 0.1) is 15.5 Å². The van der Waals surface area contributed by atoms with Crippen molar-refractivity contribution >= 4 is 21.6 Å². The molecule has 1 aliphatic heterocycles. The van der Waals surface area contributed by atoms with Gasteiger partial charge in [0.1, 0.15) is 0 Å². The zero-order chi connectivity index (χ0) is 19.7. The molecule has 0 aromatic heterocycles. The third kappa shape index (κ3) is 4.63. The van der Waals surface area contributed by atoms with Gasteiger partial charge in [-0.1, -0.05) is 41.9 Å². The van der Waals surface area contributed by atoms with Gasteiger partial charge >= 0.3 is 6.18 Å². The number of alkyl halides is 3. The van der Waals surface area contributed by atoms with Gasteiger partial charge < -0.3 is 0 Å². The molecule has 0 aliphatic carbocycles. The number of hydrogen-bond acceptors (Lipinski definition) is 3. The van der Waals surface area contributed by atoms with Crippen molar-refractivity contribution in [3.05, 3.63) is 64.7 Å². The molecule has 146 valence electrons. The first-order valence-corrected chi connectivity index (χ1v) is 10.1. The molecule has 0 spiro atoms. The number of halogens is 4. The van der Waals surface area contributed by atoms with E-state index in [2.05, 4.69) is 4.90 Å². The molecule has 4 nitrogen and oxygen atoms in total. The first-order valence-electron chi connectivity index (χ1n) is 8.31. The first kappa shape index (κ1) is 20.1. The Bertz CT molecular complexity index is 897. The molecule has 1 heterocycles. The minimum Gasteiger partial charge on any atom is -0.296 e. The van der Waals surface area contributed by atoms with Gasteiger partial charge in [0, 0.05) is 32.7 Å². The molecule has 0 N–H and O–H groups in total. The van der Waals surface area contributed by atoms with Crippen molar-refractivity contribution in [2.75, 3.05) is 26.2 Å². The molecule has 2 aromatic rings. The Morgan fingerprint density at radius 1 is 0.963 bits per heavy atom. The molecule has 1 aliphatic rings. The first-order chi connectivity index (χ1) is 12.7. The summed E-state index contributed by atoms with van der Waals surface area (Å²) in [6.45, 7) is 2.16. The zero-order valence-corrected chi connectivity index (χ0v) is 15.9. The predicted octanol–water partition coefficient (Wildman–Crippen LogP) is 3.87. The summed E-state index contributed by atoms with van der Waals surface area (Å²) in [6.07, 6.45) is -4.71. The van der Waals surface area contributed by atoms with Crippen LogP contribution in [0.2, 0.25) is 5.02 Å². The predicted molar refractivity (Wildman–Crippen MR) is 96.9 cm³/mol. The van der Waals surface area contributed by atoms with Crippen molar-refractivity contribution in [1.29, 1.82) is 0 Å². The van der Waals surface area contributed by atoms with Gasteiger partial charge in [-0.25, -0.2) is 8.42 Å². The topological polar surface area (TPSA) is 40.6 Å². The summed E-state index contributed by atoms with van der Waals surface area (Å²) in [5.41, 5.74) is -0.0192. The van der Waals surface area contributed by atoms with Crippen molar-refractivity contribution in [3.63, 3.8) is 0 Å². The fourth-order valence-corrected chi connectivity index (χ4v) is 4.67. The average Bonchev–Trinajstić information content (AvgIpc) is 2.62. The van der Waals surface area contributed by atoms with Crippen molar-refractivity contribution in [3.8, 4) is 0 Å². The number of sulfonamides is 1. The van der Waals surface area contributed by atoms with Gasteiger partial charge in [0.2, 0.25) is 10.0 Å². The van der Waals surface area contributed by atoms with E-state index in [0.29, 0.717) is 25.7 Å². The number of benzene rings is 2. The summed E-state index contributed by atoms with van der Waals surface area (Å²) >= 11 is 5.58. The van der Waals surface area contributed by atoms with E-state index in [1.807, 2.05) is 30.3 Å². The summed E-state index contributed by atoms with van der Waals surface area (Å²) in [7, 11) is -4.01. The number of hydrogen-bond donors (Lipinski definition) is 0. The SMILES string of the molecule is O=S(=O)(c1ccc(Cl)c(C(F)(F)F)c1)N1CCN(Cc2ccccc2)CC1. The van der Waals surface area contributed by atoms with E-state index >= 15 is 0 Å². The Balaban J connectivity index is 1.72. The van der Waals surface area contributed by atoms with Crippen LogP contribution in [0.5, 0.6) is 0 Å². The minimum atomic E-state index is -4.71. The van der Waals surface area contributed by atoms with Crippen LogP contribution in [0.25, 0.3) is 0 Å². The van der Waals surface area contributed by atoms with E-state index in [4.69, 9.17) is 11.6 Å². The molecular formula is C18H18ClF3N2O2S. The molecule has 0 atom stereocenters. The molecule has 0 amide bonds. The summed E-state index contributed by atoms with van der Waals surface area (Å²) in [5.74, 6) is 0. The molecule has 1 saturated heterocycles. The minimum absolute atomic E-state index is 0.221. The van der Waals surface area contributed by atoms with Gasteiger partial charge in [-0.05, 0) is 23.8 Å². The van der Waals surface area contributed by atoms with Crippen LogP contribution in [0.1, 0.15) is 11.1 Å². The Morgan fingerprint density at radius 3 is 2.19 bits per heavy atom. The lowest BCUT2D eigenvalue weighted by Gasteiger charge is -2.34. The monoisotopic (exact) mass is 418 g/mol. The van der Waals surface area contributed by atoms with Crippen LogP contribution in [0, 0.1) is 0 Å². The van der Waals surface area contributed by atoms with Crippen LogP contribution in [0.15, 0.2) is 53.4 Å². The molecule has 1 fully saturated rings. The average molecular weight is 419 g/mol. The summed E-state index contributed by atoms with van der Waals surface area (Å²) < 4.78 is 65.8. The van der Waals surface area contributed by atoms with E-state index < -0.39 is 31.7 Å². The number of rotatable bonds is 4. The largest absolute Gasteiger partial charge is 0.417 e. The lowest BCUT2D eigenvalue weighted by molar-refractivity contribution is -0.137. The van der Waals surface area contributed by atoms with Crippen molar-refractivity contribution in [2.24, 2.45) is 0 Å². The van der Waals surface area contributed by atoms with Crippen LogP contribution in [-0.4, -0.2) is 43.8 Å². The number of nitrogens with zero attached hydrogens (tertiary/aromatic N) is 2. The molecule has 2 aromatic carbocycles. The van der Waals surface area contributed by atoms with E-state index in [0.717, 1.165) is 17.7 Å². The molecule has 0 radical (unpaired) electrons. The lowest BCUT2D eigenvalue weighted by atomic mass is 10.2. The Kier molecular flexibility index (Phi) is 5.81. The molecule has 0 unspecified atom stereocenters. The van der Waals surface area contributed by atoms with Crippen LogP contribution in [-0.2, 0) is 22.7 Å². The van der Waals surface area contributed by atoms with Crippen molar-refractivity contribution < 1.29 is 21.6 Å². The fraction of sp³-hybridized carbons (Fsp3) is 0.333. The summed E-state index contributed by atoms with van der Waals surface area (Å²) in [5, 5.41) is -0.519. The molecule has 3 rings (SSSR count). The quantitative estimate of drug-likeness (QED) is 0.757. The van der Waals surface area contributed by atoms with Crippen LogP contribution in [0.4, 0.5) is 13.2 Å². The highest BCUT2D eigenvalue weighted by atomic mass is 35.5. The van der Waals surface area contributed by atoms with Crippen molar-refractivity contribution in [1.82, 2.24) is 9.21 Å². The molecular weight excluding hydrogens is 401 g/mol. The lowest BCUT2D eigenvalue weighted by Crippen LogP contribution is -2.48. The van der Waals surface area contributed by atoms with Gasteiger partial charge in [-0.15, -0.1) is 0 Å². The van der Waals surface area contributed by atoms with E-state index in [9.17, 15) is 21.6 Å². The normalized spacial score (nSPS) is 17.2. The smallest absolute Gasteiger partial charge is 0.296 e. The second-order valence-electron chi connectivity index (χ2n) is 6.31. The van der Waals surface area contributed by atoms with E-state index in [1.54, 1.807) is 0 Å². The third-order valence-corrected chi connectivity index (χ3v) is 6.69. The third-order valence-electron chi connectivity index (χ3n) is 4.46. The maximum Gasteiger partial charge on any atom is 0.417 e. The maximum absolute atomic E-state index is 13.0. The van der Waals surface area contributed by atoms with E-state index in [-0.39, 0.29) is 13.1 Å². The molecule has 0 saturated carbocycles. The molecule has 27 heavy (non-hydrogen) atoms. The standard InChI is InChI=1S/C18H18ClF3N2O2S/c19-17-7-6-15(12-16(17)18(20,21)22)27(25,26)24-10-8-23(9-11-24)13-14-4-2-1-3-5-14/h1-7,12H,8-11,13H2. The Morgan fingerprint density at radius 2 is 1.59 bits per heavy atom. The van der Waals surface area contributed by atoms with Crippen LogP contribution >= 0.6 is 11.6 Å². The maximum atomic E-state index is 13.0. The van der Waals surface area contributed by atoms with Gasteiger partial charge in [-0.2, -0.15) is 17.5 Å². The highest BCUT2D eigenvalue weighted by molar-refractivity contribution is 7.89. The second kappa shape index (κ2) is 7.79. The summed E-state index contributed by atoms with van der Waals surface area (Å²) in [4.78, 5) is 1.72. The molecule has 0 bridgehead atoms. The van der Waals surface area contributed by atoms with E-state index in [1.165, 1.54) is 4.31 Å².